The molecular weight excluding hydrogens is 374 g/mol. The highest BCUT2D eigenvalue weighted by Gasteiger charge is 2.36. The summed E-state index contributed by atoms with van der Waals surface area (Å²) in [5, 5.41) is 4.08. The second-order valence-electron chi connectivity index (χ2n) is 8.41. The molecule has 3 aliphatic rings. The molecule has 0 amide bonds. The number of nitrogens with zero attached hydrogens (tertiary/aromatic N) is 3. The average Bonchev–Trinajstić information content (AvgIpc) is 3.26. The Hall–Kier alpha value is -1.73. The van der Waals surface area contributed by atoms with E-state index >= 15 is 0 Å². The van der Waals surface area contributed by atoms with Crippen LogP contribution in [0.1, 0.15) is 73.7 Å². The largest absolute Gasteiger partial charge is 0.339 e. The van der Waals surface area contributed by atoms with E-state index in [-0.39, 0.29) is 6.04 Å². The average molecular weight is 402 g/mol. The molecule has 6 nitrogen and oxygen atoms in total. The van der Waals surface area contributed by atoms with Gasteiger partial charge in [0, 0.05) is 24.9 Å². The Morgan fingerprint density at radius 1 is 1.07 bits per heavy atom. The first-order valence-corrected chi connectivity index (χ1v) is 12.0. The molecule has 0 bridgehead atoms. The minimum Gasteiger partial charge on any atom is -0.339 e. The van der Waals surface area contributed by atoms with Gasteiger partial charge >= 0.3 is 0 Å². The Kier molecular flexibility index (Phi) is 4.75. The molecule has 5 rings (SSSR count). The van der Waals surface area contributed by atoms with Gasteiger partial charge < -0.3 is 4.52 Å². The summed E-state index contributed by atoms with van der Waals surface area (Å²) in [7, 11) is -3.45. The lowest BCUT2D eigenvalue weighted by Crippen LogP contribution is -2.36. The SMILES string of the molecule is O=S(=O)(c1ccc2c(c1)CCCC2)N1CCCC1CCc1noc(C2CC2)n1. The van der Waals surface area contributed by atoms with Gasteiger partial charge in [-0.15, -0.1) is 0 Å². The van der Waals surface area contributed by atoms with E-state index in [9.17, 15) is 8.42 Å². The van der Waals surface area contributed by atoms with E-state index in [1.807, 2.05) is 12.1 Å². The molecule has 0 spiro atoms. The molecule has 7 heteroatoms. The van der Waals surface area contributed by atoms with Crippen molar-refractivity contribution in [2.75, 3.05) is 6.54 Å². The third kappa shape index (κ3) is 3.50. The van der Waals surface area contributed by atoms with Crippen LogP contribution in [0.3, 0.4) is 0 Å². The van der Waals surface area contributed by atoms with E-state index in [1.54, 1.807) is 10.4 Å². The first kappa shape index (κ1) is 18.3. The summed E-state index contributed by atoms with van der Waals surface area (Å²) >= 11 is 0. The van der Waals surface area contributed by atoms with Crippen LogP contribution < -0.4 is 0 Å². The highest BCUT2D eigenvalue weighted by Crippen LogP contribution is 2.39. The van der Waals surface area contributed by atoms with Gasteiger partial charge in [-0.2, -0.15) is 9.29 Å². The van der Waals surface area contributed by atoms with E-state index in [0.717, 1.165) is 57.3 Å². The third-order valence-corrected chi connectivity index (χ3v) is 8.31. The van der Waals surface area contributed by atoms with Crippen molar-refractivity contribution >= 4 is 10.0 Å². The van der Waals surface area contributed by atoms with Crippen LogP contribution in [-0.2, 0) is 29.3 Å². The molecular formula is C21H27N3O3S. The maximum absolute atomic E-state index is 13.3. The number of hydrogen-bond donors (Lipinski definition) is 0. The predicted octanol–water partition coefficient (Wildman–Crippen LogP) is 3.61. The van der Waals surface area contributed by atoms with Gasteiger partial charge in [0.05, 0.1) is 4.90 Å². The van der Waals surface area contributed by atoms with Gasteiger partial charge in [0.2, 0.25) is 15.9 Å². The lowest BCUT2D eigenvalue weighted by Gasteiger charge is -2.25. The summed E-state index contributed by atoms with van der Waals surface area (Å²) in [5.74, 6) is 1.91. The highest BCUT2D eigenvalue weighted by molar-refractivity contribution is 7.89. The van der Waals surface area contributed by atoms with Gasteiger partial charge in [-0.1, -0.05) is 11.2 Å². The molecule has 28 heavy (non-hydrogen) atoms. The first-order chi connectivity index (χ1) is 13.6. The third-order valence-electron chi connectivity index (χ3n) is 6.36. The number of hydrogen-bond acceptors (Lipinski definition) is 5. The van der Waals surface area contributed by atoms with E-state index in [2.05, 4.69) is 10.1 Å². The number of rotatable bonds is 6. The molecule has 0 N–H and O–H groups in total. The summed E-state index contributed by atoms with van der Waals surface area (Å²) in [6.07, 6.45) is 9.89. The van der Waals surface area contributed by atoms with Crippen molar-refractivity contribution in [3.05, 3.63) is 41.0 Å². The number of aromatic nitrogens is 2. The Morgan fingerprint density at radius 3 is 2.71 bits per heavy atom. The van der Waals surface area contributed by atoms with Crippen LogP contribution in [0, 0.1) is 0 Å². The molecule has 2 aromatic rings. The Balaban J connectivity index is 1.30. The fourth-order valence-corrected chi connectivity index (χ4v) is 6.36. The lowest BCUT2D eigenvalue weighted by molar-refractivity contribution is 0.357. The van der Waals surface area contributed by atoms with E-state index in [1.165, 1.54) is 17.5 Å². The lowest BCUT2D eigenvalue weighted by atomic mass is 9.92. The highest BCUT2D eigenvalue weighted by atomic mass is 32.2. The van der Waals surface area contributed by atoms with Crippen molar-refractivity contribution in [1.82, 2.24) is 14.4 Å². The normalized spacial score (nSPS) is 23.1. The van der Waals surface area contributed by atoms with Gasteiger partial charge in [-0.05, 0) is 81.0 Å². The van der Waals surface area contributed by atoms with E-state index in [0.29, 0.717) is 29.6 Å². The number of benzene rings is 1. The van der Waals surface area contributed by atoms with Crippen molar-refractivity contribution in [3.8, 4) is 0 Å². The van der Waals surface area contributed by atoms with Crippen LogP contribution in [0.25, 0.3) is 0 Å². The van der Waals surface area contributed by atoms with Crippen molar-refractivity contribution < 1.29 is 12.9 Å². The van der Waals surface area contributed by atoms with Gasteiger partial charge in [-0.25, -0.2) is 8.42 Å². The smallest absolute Gasteiger partial charge is 0.243 e. The van der Waals surface area contributed by atoms with Crippen LogP contribution in [0.5, 0.6) is 0 Å². The van der Waals surface area contributed by atoms with Crippen LogP contribution in [0.4, 0.5) is 0 Å². The summed E-state index contributed by atoms with van der Waals surface area (Å²) in [4.78, 5) is 4.94. The van der Waals surface area contributed by atoms with Crippen LogP contribution >= 0.6 is 0 Å². The molecule has 1 saturated heterocycles. The van der Waals surface area contributed by atoms with Crippen molar-refractivity contribution in [1.29, 1.82) is 0 Å². The summed E-state index contributed by atoms with van der Waals surface area (Å²) in [5.41, 5.74) is 2.52. The molecule has 1 aromatic heterocycles. The summed E-state index contributed by atoms with van der Waals surface area (Å²) < 4.78 is 33.7. The molecule has 2 heterocycles. The van der Waals surface area contributed by atoms with Gasteiger partial charge in [0.25, 0.3) is 0 Å². The number of fused-ring (bicyclic) bond motifs is 1. The van der Waals surface area contributed by atoms with Crippen molar-refractivity contribution in [2.45, 2.75) is 81.1 Å². The standard InChI is InChI=1S/C21H27N3O3S/c25-28(26,19-11-9-15-4-1-2-5-17(15)14-19)24-13-3-6-18(24)10-12-20-22-21(27-23-20)16-7-8-16/h9,11,14,16,18H,1-8,10,12-13H2. The zero-order valence-electron chi connectivity index (χ0n) is 16.1. The summed E-state index contributed by atoms with van der Waals surface area (Å²) in [6.45, 7) is 0.601. The zero-order valence-corrected chi connectivity index (χ0v) is 17.0. The second-order valence-corrected chi connectivity index (χ2v) is 10.3. The number of aryl methyl sites for hydroxylation is 3. The molecule has 1 saturated carbocycles. The maximum Gasteiger partial charge on any atom is 0.243 e. The van der Waals surface area contributed by atoms with Gasteiger partial charge in [-0.3, -0.25) is 0 Å². The van der Waals surface area contributed by atoms with Gasteiger partial charge in [0.1, 0.15) is 0 Å². The van der Waals surface area contributed by atoms with Crippen LogP contribution in [0.2, 0.25) is 0 Å². The summed E-state index contributed by atoms with van der Waals surface area (Å²) in [6, 6.07) is 5.76. The minimum atomic E-state index is -3.45. The van der Waals surface area contributed by atoms with Crippen molar-refractivity contribution in [2.24, 2.45) is 0 Å². The quantitative estimate of drug-likeness (QED) is 0.739. The Morgan fingerprint density at radius 2 is 1.89 bits per heavy atom. The minimum absolute atomic E-state index is 0.0175. The van der Waals surface area contributed by atoms with Crippen LogP contribution in [-0.4, -0.2) is 35.5 Å². The molecule has 1 aromatic carbocycles. The topological polar surface area (TPSA) is 76.3 Å². The predicted molar refractivity (Wildman–Crippen MR) is 105 cm³/mol. The first-order valence-electron chi connectivity index (χ1n) is 10.6. The fourth-order valence-electron chi connectivity index (χ4n) is 4.58. The van der Waals surface area contributed by atoms with E-state index < -0.39 is 10.0 Å². The molecule has 2 fully saturated rings. The molecule has 1 aliphatic heterocycles. The van der Waals surface area contributed by atoms with E-state index in [4.69, 9.17) is 4.52 Å². The number of sulfonamides is 1. The van der Waals surface area contributed by atoms with Crippen LogP contribution in [0.15, 0.2) is 27.6 Å². The molecule has 0 radical (unpaired) electrons. The van der Waals surface area contributed by atoms with Gasteiger partial charge in [0.15, 0.2) is 5.82 Å². The monoisotopic (exact) mass is 401 g/mol. The molecule has 1 atom stereocenters. The Labute approximate surface area is 166 Å². The molecule has 1 unspecified atom stereocenters. The zero-order chi connectivity index (χ0) is 19.1. The fraction of sp³-hybridized carbons (Fsp3) is 0.619. The van der Waals surface area contributed by atoms with Crippen molar-refractivity contribution in [3.63, 3.8) is 0 Å². The Bertz CT molecular complexity index is 965. The maximum atomic E-state index is 13.3. The molecule has 150 valence electrons. The second kappa shape index (κ2) is 7.26. The molecule has 2 aliphatic carbocycles.